The largest absolute Gasteiger partial charge is 0.507 e. The summed E-state index contributed by atoms with van der Waals surface area (Å²) in [6.07, 6.45) is 4.64. The number of benzene rings is 3. The van der Waals surface area contributed by atoms with Crippen LogP contribution in [-0.4, -0.2) is 28.9 Å². The van der Waals surface area contributed by atoms with Gasteiger partial charge in [-0.3, -0.25) is 4.79 Å². The number of hydrogen-bond donors (Lipinski definition) is 2. The third-order valence-electron chi connectivity index (χ3n) is 6.13. The van der Waals surface area contributed by atoms with E-state index in [4.69, 9.17) is 14.2 Å². The highest BCUT2D eigenvalue weighted by atomic mass is 16.7. The van der Waals surface area contributed by atoms with Crippen LogP contribution in [0.25, 0.3) is 0 Å². The van der Waals surface area contributed by atoms with Gasteiger partial charge in [-0.25, -0.2) is 0 Å². The van der Waals surface area contributed by atoms with Gasteiger partial charge in [0.2, 0.25) is 6.79 Å². The van der Waals surface area contributed by atoms with Crippen molar-refractivity contribution in [2.45, 2.75) is 57.7 Å². The van der Waals surface area contributed by atoms with Gasteiger partial charge in [0.1, 0.15) is 23.7 Å². The third kappa shape index (κ3) is 6.99. The topological polar surface area (TPSA) is 85.2 Å². The molecule has 0 bridgehead atoms. The van der Waals surface area contributed by atoms with Crippen molar-refractivity contribution in [3.8, 4) is 23.0 Å². The molecule has 0 radical (unpaired) electrons. The number of fused-ring (bicyclic) bond motifs is 1. The molecule has 1 heterocycles. The standard InChI is InChI=1S/C29H32O6/c30-23(12-7-2-1-4-9-21-15-16-26-28(17-21)35-20-34-26)18-25(32)29-24(31)13-8-14-27(29)33-19-22-10-5-3-6-11-22/h3,5-6,8,10-11,13-17,23,30-31H,1-2,4,7,9,12,18-20H2. The Kier molecular flexibility index (Phi) is 8.63. The number of rotatable bonds is 13. The Morgan fingerprint density at radius 3 is 2.54 bits per heavy atom. The van der Waals surface area contributed by atoms with Crippen LogP contribution in [0.15, 0.2) is 66.7 Å². The van der Waals surface area contributed by atoms with Gasteiger partial charge in [-0.15, -0.1) is 0 Å². The number of ether oxygens (including phenoxy) is 3. The molecule has 0 aliphatic carbocycles. The summed E-state index contributed by atoms with van der Waals surface area (Å²) in [5.74, 6) is 1.50. The van der Waals surface area contributed by atoms with Crippen LogP contribution in [0, 0.1) is 0 Å². The zero-order valence-electron chi connectivity index (χ0n) is 19.8. The van der Waals surface area contributed by atoms with Gasteiger partial charge in [-0.2, -0.15) is 0 Å². The molecule has 1 aliphatic heterocycles. The monoisotopic (exact) mass is 476 g/mol. The van der Waals surface area contributed by atoms with Crippen LogP contribution >= 0.6 is 0 Å². The number of phenolic OH excluding ortho intramolecular Hbond substituents is 1. The number of aryl methyl sites for hydroxylation is 1. The van der Waals surface area contributed by atoms with Gasteiger partial charge in [0.05, 0.1) is 6.10 Å². The predicted octanol–water partition coefficient (Wildman–Crippen LogP) is 5.83. The lowest BCUT2D eigenvalue weighted by Crippen LogP contribution is -2.15. The fourth-order valence-electron chi connectivity index (χ4n) is 4.23. The lowest BCUT2D eigenvalue weighted by atomic mass is 9.99. The number of unbranched alkanes of at least 4 members (excludes halogenated alkanes) is 3. The van der Waals surface area contributed by atoms with E-state index in [9.17, 15) is 15.0 Å². The van der Waals surface area contributed by atoms with E-state index in [0.717, 1.165) is 49.2 Å². The number of aliphatic hydroxyl groups excluding tert-OH is 1. The minimum Gasteiger partial charge on any atom is -0.507 e. The first kappa shape index (κ1) is 24.6. The second-order valence-electron chi connectivity index (χ2n) is 8.85. The van der Waals surface area contributed by atoms with Crippen LogP contribution in [0.1, 0.15) is 60.0 Å². The molecular formula is C29H32O6. The molecule has 6 nitrogen and oxygen atoms in total. The van der Waals surface area contributed by atoms with E-state index in [-0.39, 0.29) is 30.3 Å². The molecule has 1 atom stereocenters. The van der Waals surface area contributed by atoms with Gasteiger partial charge in [-0.1, -0.05) is 61.7 Å². The highest BCUT2D eigenvalue weighted by Gasteiger charge is 2.20. The van der Waals surface area contributed by atoms with Crippen LogP contribution in [0.3, 0.4) is 0 Å². The summed E-state index contributed by atoms with van der Waals surface area (Å²) >= 11 is 0. The average Bonchev–Trinajstić information content (AvgIpc) is 3.33. The Hall–Kier alpha value is -3.51. The molecule has 6 heteroatoms. The number of Topliss-reactive ketones (excluding diaryl/α,β-unsaturated/α-hetero) is 1. The molecule has 0 fully saturated rings. The molecule has 0 aromatic heterocycles. The van der Waals surface area contributed by atoms with Crippen molar-refractivity contribution in [3.05, 3.63) is 83.4 Å². The number of phenols is 1. The molecule has 184 valence electrons. The van der Waals surface area contributed by atoms with E-state index in [1.807, 2.05) is 42.5 Å². The number of carbonyl (C=O) groups is 1. The number of aliphatic hydroxyl groups is 1. The van der Waals surface area contributed by atoms with Crippen molar-refractivity contribution < 1.29 is 29.2 Å². The highest BCUT2D eigenvalue weighted by Crippen LogP contribution is 2.33. The van der Waals surface area contributed by atoms with E-state index >= 15 is 0 Å². The molecule has 1 aliphatic rings. The lowest BCUT2D eigenvalue weighted by molar-refractivity contribution is 0.0857. The van der Waals surface area contributed by atoms with Gasteiger partial charge in [0.25, 0.3) is 0 Å². The van der Waals surface area contributed by atoms with Gasteiger partial charge in [0.15, 0.2) is 17.3 Å². The molecular weight excluding hydrogens is 444 g/mol. The summed E-state index contributed by atoms with van der Waals surface area (Å²) in [6.45, 7) is 0.578. The maximum atomic E-state index is 12.9. The molecule has 35 heavy (non-hydrogen) atoms. The van der Waals surface area contributed by atoms with Gasteiger partial charge in [0, 0.05) is 6.42 Å². The van der Waals surface area contributed by atoms with Crippen LogP contribution < -0.4 is 14.2 Å². The normalized spacial score (nSPS) is 12.9. The first-order chi connectivity index (χ1) is 17.1. The van der Waals surface area contributed by atoms with E-state index in [2.05, 4.69) is 6.07 Å². The van der Waals surface area contributed by atoms with E-state index in [1.54, 1.807) is 12.1 Å². The molecule has 3 aromatic rings. The summed E-state index contributed by atoms with van der Waals surface area (Å²) in [4.78, 5) is 12.9. The van der Waals surface area contributed by atoms with Crippen LogP contribution in [0.2, 0.25) is 0 Å². The number of aromatic hydroxyl groups is 1. The molecule has 0 saturated carbocycles. The fraction of sp³-hybridized carbons (Fsp3) is 0.345. The van der Waals surface area contributed by atoms with E-state index < -0.39 is 6.10 Å². The second-order valence-corrected chi connectivity index (χ2v) is 8.85. The quantitative estimate of drug-likeness (QED) is 0.239. The Morgan fingerprint density at radius 2 is 1.69 bits per heavy atom. The van der Waals surface area contributed by atoms with Crippen molar-refractivity contribution in [1.29, 1.82) is 0 Å². The van der Waals surface area contributed by atoms with Crippen molar-refractivity contribution in [2.75, 3.05) is 6.79 Å². The predicted molar refractivity (Wildman–Crippen MR) is 133 cm³/mol. The van der Waals surface area contributed by atoms with Crippen molar-refractivity contribution >= 4 is 5.78 Å². The zero-order chi connectivity index (χ0) is 24.5. The summed E-state index contributed by atoms with van der Waals surface area (Å²) in [6, 6.07) is 20.5. The summed E-state index contributed by atoms with van der Waals surface area (Å²) < 4.78 is 16.6. The van der Waals surface area contributed by atoms with Crippen LogP contribution in [-0.2, 0) is 13.0 Å². The van der Waals surface area contributed by atoms with Crippen molar-refractivity contribution in [2.24, 2.45) is 0 Å². The minimum atomic E-state index is -0.752. The molecule has 4 rings (SSSR count). The SMILES string of the molecule is O=C(CC(O)CCCCCCc1ccc2c(c1)OCO2)c1c(O)cccc1OCc1ccccc1. The molecule has 0 amide bonds. The first-order valence-electron chi connectivity index (χ1n) is 12.2. The maximum absolute atomic E-state index is 12.9. The van der Waals surface area contributed by atoms with Crippen LogP contribution in [0.4, 0.5) is 0 Å². The Balaban J connectivity index is 1.18. The van der Waals surface area contributed by atoms with E-state index in [0.29, 0.717) is 18.8 Å². The number of hydrogen-bond acceptors (Lipinski definition) is 6. The molecule has 2 N–H and O–H groups in total. The number of ketones is 1. The van der Waals surface area contributed by atoms with Crippen LogP contribution in [0.5, 0.6) is 23.0 Å². The summed E-state index contributed by atoms with van der Waals surface area (Å²) in [5.41, 5.74) is 2.33. The first-order valence-corrected chi connectivity index (χ1v) is 12.2. The Bertz CT molecular complexity index is 1110. The highest BCUT2D eigenvalue weighted by molar-refractivity contribution is 6.01. The van der Waals surface area contributed by atoms with Crippen molar-refractivity contribution in [1.82, 2.24) is 0 Å². The summed E-state index contributed by atoms with van der Waals surface area (Å²) in [7, 11) is 0. The fourth-order valence-corrected chi connectivity index (χ4v) is 4.23. The third-order valence-corrected chi connectivity index (χ3v) is 6.13. The molecule has 1 unspecified atom stereocenters. The van der Waals surface area contributed by atoms with Gasteiger partial charge in [-0.05, 0) is 54.7 Å². The average molecular weight is 477 g/mol. The van der Waals surface area contributed by atoms with Gasteiger partial charge >= 0.3 is 0 Å². The Labute approximate surface area is 206 Å². The second kappa shape index (κ2) is 12.3. The number of carbonyl (C=O) groups excluding carboxylic acids is 1. The van der Waals surface area contributed by atoms with Gasteiger partial charge < -0.3 is 24.4 Å². The molecule has 0 saturated heterocycles. The molecule has 0 spiro atoms. The summed E-state index contributed by atoms with van der Waals surface area (Å²) in [5, 5.41) is 20.7. The lowest BCUT2D eigenvalue weighted by Gasteiger charge is -2.14. The maximum Gasteiger partial charge on any atom is 0.231 e. The van der Waals surface area contributed by atoms with E-state index in [1.165, 1.54) is 11.6 Å². The minimum absolute atomic E-state index is 0.0452. The zero-order valence-corrected chi connectivity index (χ0v) is 19.8. The smallest absolute Gasteiger partial charge is 0.231 e. The molecule has 3 aromatic carbocycles. The Morgan fingerprint density at radius 1 is 0.886 bits per heavy atom. The van der Waals surface area contributed by atoms with Crippen molar-refractivity contribution in [3.63, 3.8) is 0 Å².